The first-order chi connectivity index (χ1) is 10.2. The van der Waals surface area contributed by atoms with E-state index < -0.39 is 0 Å². The highest BCUT2D eigenvalue weighted by atomic mass is 32.2. The number of thioether (sulfide) groups is 1. The van der Waals surface area contributed by atoms with Crippen molar-refractivity contribution in [2.75, 3.05) is 18.1 Å². The van der Waals surface area contributed by atoms with Crippen molar-refractivity contribution in [1.82, 2.24) is 0 Å². The molecule has 0 aromatic heterocycles. The second kappa shape index (κ2) is 6.59. The molecule has 1 aromatic carbocycles. The third kappa shape index (κ3) is 3.93. The van der Waals surface area contributed by atoms with E-state index in [4.69, 9.17) is 15.2 Å². The molecule has 3 nitrogen and oxygen atoms in total. The first-order valence-corrected chi connectivity index (χ1v) is 9.04. The maximum Gasteiger partial charge on any atom is 0.119 e. The zero-order valence-electron chi connectivity index (χ0n) is 12.7. The van der Waals surface area contributed by atoms with Gasteiger partial charge >= 0.3 is 0 Å². The Morgan fingerprint density at radius 1 is 1.43 bits per heavy atom. The largest absolute Gasteiger partial charge is 0.490 e. The Bertz CT molecular complexity index is 454. The van der Waals surface area contributed by atoms with E-state index in [1.54, 1.807) is 0 Å². The highest BCUT2D eigenvalue weighted by Gasteiger charge is 2.41. The van der Waals surface area contributed by atoms with Crippen molar-refractivity contribution in [3.05, 3.63) is 29.8 Å². The van der Waals surface area contributed by atoms with E-state index in [9.17, 15) is 0 Å². The van der Waals surface area contributed by atoms with E-state index in [0.29, 0.717) is 0 Å². The Kier molecular flexibility index (Phi) is 4.77. The van der Waals surface area contributed by atoms with E-state index in [1.165, 1.54) is 17.7 Å². The van der Waals surface area contributed by atoms with Crippen LogP contribution < -0.4 is 10.5 Å². The van der Waals surface area contributed by atoms with Crippen LogP contribution in [0, 0.1) is 0 Å². The fourth-order valence-electron chi connectivity index (χ4n) is 3.22. The summed E-state index contributed by atoms with van der Waals surface area (Å²) in [5.74, 6) is 3.31. The SMILES string of the molecule is CC(N)Cc1ccc(OC2CCOC3(CCSC3)C2)cc1. The van der Waals surface area contributed by atoms with E-state index in [1.807, 2.05) is 18.7 Å². The summed E-state index contributed by atoms with van der Waals surface area (Å²) in [6, 6.07) is 8.59. The van der Waals surface area contributed by atoms with Crippen molar-refractivity contribution in [1.29, 1.82) is 0 Å². The van der Waals surface area contributed by atoms with Crippen LogP contribution >= 0.6 is 11.8 Å². The summed E-state index contributed by atoms with van der Waals surface area (Å²) in [6.45, 7) is 2.86. The number of rotatable bonds is 4. The van der Waals surface area contributed by atoms with Crippen LogP contribution in [0.15, 0.2) is 24.3 Å². The number of hydrogen-bond donors (Lipinski definition) is 1. The van der Waals surface area contributed by atoms with Gasteiger partial charge in [-0.05, 0) is 43.2 Å². The molecule has 2 N–H and O–H groups in total. The molecule has 2 heterocycles. The second-order valence-electron chi connectivity index (χ2n) is 6.39. The highest BCUT2D eigenvalue weighted by molar-refractivity contribution is 7.99. The number of benzene rings is 1. The first kappa shape index (κ1) is 15.2. The fraction of sp³-hybridized carbons (Fsp3) is 0.647. The lowest BCUT2D eigenvalue weighted by Crippen LogP contribution is -2.43. The zero-order chi connectivity index (χ0) is 14.7. The van der Waals surface area contributed by atoms with Gasteiger partial charge in [-0.25, -0.2) is 0 Å². The van der Waals surface area contributed by atoms with Crippen LogP contribution in [0.4, 0.5) is 0 Å². The maximum atomic E-state index is 6.18. The molecule has 0 amide bonds. The Morgan fingerprint density at radius 2 is 2.24 bits per heavy atom. The molecule has 3 unspecified atom stereocenters. The molecule has 1 aromatic rings. The topological polar surface area (TPSA) is 44.5 Å². The van der Waals surface area contributed by atoms with E-state index in [2.05, 4.69) is 24.3 Å². The maximum absolute atomic E-state index is 6.18. The van der Waals surface area contributed by atoms with Crippen LogP contribution in [0.2, 0.25) is 0 Å². The summed E-state index contributed by atoms with van der Waals surface area (Å²) in [6.07, 6.45) is 4.40. The molecule has 21 heavy (non-hydrogen) atoms. The van der Waals surface area contributed by atoms with Crippen LogP contribution in [0.5, 0.6) is 5.75 Å². The van der Waals surface area contributed by atoms with Gasteiger partial charge in [0, 0.05) is 24.6 Å². The monoisotopic (exact) mass is 307 g/mol. The standard InChI is InChI=1S/C17H25NO2S/c1-13(18)10-14-2-4-15(5-3-14)20-16-6-8-19-17(11-16)7-9-21-12-17/h2-5,13,16H,6-12,18H2,1H3. The summed E-state index contributed by atoms with van der Waals surface area (Å²) in [4.78, 5) is 0. The number of ether oxygens (including phenoxy) is 2. The third-order valence-corrected chi connectivity index (χ3v) is 5.52. The molecule has 1 spiro atoms. The molecule has 0 aliphatic carbocycles. The van der Waals surface area contributed by atoms with Crippen molar-refractivity contribution in [3.63, 3.8) is 0 Å². The van der Waals surface area contributed by atoms with Crippen molar-refractivity contribution in [3.8, 4) is 5.75 Å². The summed E-state index contributed by atoms with van der Waals surface area (Å²) in [5, 5.41) is 0. The van der Waals surface area contributed by atoms with Gasteiger partial charge < -0.3 is 15.2 Å². The molecule has 0 saturated carbocycles. The van der Waals surface area contributed by atoms with E-state index in [0.717, 1.165) is 37.4 Å². The Hall–Kier alpha value is -0.710. The summed E-state index contributed by atoms with van der Waals surface area (Å²) < 4.78 is 12.2. The smallest absolute Gasteiger partial charge is 0.119 e. The van der Waals surface area contributed by atoms with Crippen LogP contribution in [0.1, 0.15) is 31.7 Å². The normalized spacial score (nSPS) is 30.5. The molecule has 2 saturated heterocycles. The van der Waals surface area contributed by atoms with Gasteiger partial charge in [-0.15, -0.1) is 0 Å². The molecular weight excluding hydrogens is 282 g/mol. The van der Waals surface area contributed by atoms with Gasteiger partial charge in [-0.2, -0.15) is 11.8 Å². The first-order valence-electron chi connectivity index (χ1n) is 7.88. The van der Waals surface area contributed by atoms with Gasteiger partial charge in [-0.3, -0.25) is 0 Å². The molecular formula is C17H25NO2S. The minimum Gasteiger partial charge on any atom is -0.490 e. The highest BCUT2D eigenvalue weighted by Crippen LogP contribution is 2.39. The van der Waals surface area contributed by atoms with Gasteiger partial charge in [0.1, 0.15) is 11.9 Å². The van der Waals surface area contributed by atoms with Crippen LogP contribution in [0.3, 0.4) is 0 Å². The average molecular weight is 307 g/mol. The zero-order valence-corrected chi connectivity index (χ0v) is 13.5. The molecule has 0 bridgehead atoms. The molecule has 3 rings (SSSR count). The number of nitrogens with two attached hydrogens (primary N) is 1. The van der Waals surface area contributed by atoms with Crippen molar-refractivity contribution < 1.29 is 9.47 Å². The van der Waals surface area contributed by atoms with Gasteiger partial charge in [0.2, 0.25) is 0 Å². The van der Waals surface area contributed by atoms with Crippen LogP contribution in [-0.4, -0.2) is 35.9 Å². The molecule has 2 aliphatic heterocycles. The van der Waals surface area contributed by atoms with Crippen LogP contribution in [0.25, 0.3) is 0 Å². The van der Waals surface area contributed by atoms with Gasteiger partial charge in [0.25, 0.3) is 0 Å². The lowest BCUT2D eigenvalue weighted by atomic mass is 9.91. The Balaban J connectivity index is 1.58. The molecule has 3 atom stereocenters. The molecule has 4 heteroatoms. The lowest BCUT2D eigenvalue weighted by molar-refractivity contribution is -0.0958. The quantitative estimate of drug-likeness (QED) is 0.929. The summed E-state index contributed by atoms with van der Waals surface area (Å²) in [5.41, 5.74) is 7.19. The second-order valence-corrected chi connectivity index (χ2v) is 7.50. The average Bonchev–Trinajstić information content (AvgIpc) is 2.88. The predicted octanol–water partition coefficient (Wildman–Crippen LogP) is 3.01. The fourth-order valence-corrected chi connectivity index (χ4v) is 4.59. The molecule has 0 radical (unpaired) electrons. The van der Waals surface area contributed by atoms with Crippen molar-refractivity contribution >= 4 is 11.8 Å². The van der Waals surface area contributed by atoms with E-state index in [-0.39, 0.29) is 17.7 Å². The van der Waals surface area contributed by atoms with Crippen LogP contribution in [-0.2, 0) is 11.2 Å². The van der Waals surface area contributed by atoms with Gasteiger partial charge in [-0.1, -0.05) is 12.1 Å². The minimum atomic E-state index is 0.0858. The Labute approximate surface area is 131 Å². The molecule has 116 valence electrons. The summed E-state index contributed by atoms with van der Waals surface area (Å²) >= 11 is 2.00. The van der Waals surface area contributed by atoms with E-state index >= 15 is 0 Å². The number of hydrogen-bond acceptors (Lipinski definition) is 4. The lowest BCUT2D eigenvalue weighted by Gasteiger charge is -2.37. The van der Waals surface area contributed by atoms with Crippen molar-refractivity contribution in [2.45, 2.75) is 50.4 Å². The molecule has 2 fully saturated rings. The Morgan fingerprint density at radius 3 is 2.90 bits per heavy atom. The predicted molar refractivity (Wildman–Crippen MR) is 88.1 cm³/mol. The van der Waals surface area contributed by atoms with Crippen molar-refractivity contribution in [2.24, 2.45) is 5.73 Å². The minimum absolute atomic E-state index is 0.0858. The summed E-state index contributed by atoms with van der Waals surface area (Å²) in [7, 11) is 0. The van der Waals surface area contributed by atoms with Gasteiger partial charge in [0.15, 0.2) is 0 Å². The third-order valence-electron chi connectivity index (χ3n) is 4.30. The van der Waals surface area contributed by atoms with Gasteiger partial charge in [0.05, 0.1) is 12.2 Å². The molecule has 2 aliphatic rings.